The maximum Gasteiger partial charge on any atom is 0.253 e. The minimum absolute atomic E-state index is 0.0733. The Hall–Kier alpha value is -3.41. The van der Waals surface area contributed by atoms with E-state index < -0.39 is 5.92 Å². The van der Waals surface area contributed by atoms with Crippen molar-refractivity contribution in [2.75, 3.05) is 23.3 Å². The van der Waals surface area contributed by atoms with Crippen molar-refractivity contribution in [1.29, 1.82) is 0 Å². The summed E-state index contributed by atoms with van der Waals surface area (Å²) >= 11 is 0. The second-order valence-corrected chi connectivity index (χ2v) is 7.16. The van der Waals surface area contributed by atoms with Crippen LogP contribution in [0.4, 0.5) is 11.4 Å². The standard InChI is InChI=1S/C23H25N3O3/c1-4-12-24-23(29)18-9-5-6-10-19(18)25-22(28)17-13-21(27)26(14-17)20-11-7-8-15(2)16(20)3/h4-11,17H,1,12-14H2,2-3H3,(H,24,29)(H,25,28)/t17-/m1/s1. The van der Waals surface area contributed by atoms with Crippen molar-refractivity contribution in [3.8, 4) is 0 Å². The molecular weight excluding hydrogens is 366 g/mol. The van der Waals surface area contributed by atoms with Crippen LogP contribution in [0.3, 0.4) is 0 Å². The highest BCUT2D eigenvalue weighted by Crippen LogP contribution is 2.30. The summed E-state index contributed by atoms with van der Waals surface area (Å²) in [5.74, 6) is -1.11. The Kier molecular flexibility index (Phi) is 6.12. The molecule has 1 aliphatic heterocycles. The van der Waals surface area contributed by atoms with E-state index in [0.717, 1.165) is 16.8 Å². The van der Waals surface area contributed by atoms with Gasteiger partial charge in [0.05, 0.1) is 17.2 Å². The van der Waals surface area contributed by atoms with Gasteiger partial charge in [-0.1, -0.05) is 30.3 Å². The van der Waals surface area contributed by atoms with Crippen molar-refractivity contribution in [2.45, 2.75) is 20.3 Å². The average Bonchev–Trinajstić information content (AvgIpc) is 3.10. The molecule has 6 heteroatoms. The molecule has 2 aromatic carbocycles. The zero-order valence-electron chi connectivity index (χ0n) is 16.7. The van der Waals surface area contributed by atoms with Gasteiger partial charge in [-0.25, -0.2) is 0 Å². The molecule has 2 aromatic rings. The molecule has 3 amide bonds. The van der Waals surface area contributed by atoms with Crippen LogP contribution in [0.15, 0.2) is 55.1 Å². The molecule has 0 saturated carbocycles. The lowest BCUT2D eigenvalue weighted by atomic mass is 10.1. The van der Waals surface area contributed by atoms with Crippen LogP contribution in [-0.4, -0.2) is 30.8 Å². The fourth-order valence-electron chi connectivity index (χ4n) is 3.43. The minimum atomic E-state index is -0.480. The Morgan fingerprint density at radius 3 is 2.69 bits per heavy atom. The van der Waals surface area contributed by atoms with E-state index in [-0.39, 0.29) is 24.1 Å². The lowest BCUT2D eigenvalue weighted by Crippen LogP contribution is -2.30. The molecule has 1 saturated heterocycles. The SMILES string of the molecule is C=CCNC(=O)c1ccccc1NC(=O)[C@@H]1CC(=O)N(c2cccc(C)c2C)C1. The Morgan fingerprint density at radius 1 is 1.17 bits per heavy atom. The molecule has 0 aromatic heterocycles. The fraction of sp³-hybridized carbons (Fsp3) is 0.261. The fourth-order valence-corrected chi connectivity index (χ4v) is 3.43. The molecule has 0 unspecified atom stereocenters. The Labute approximate surface area is 170 Å². The summed E-state index contributed by atoms with van der Waals surface area (Å²) in [7, 11) is 0. The van der Waals surface area contributed by atoms with E-state index in [4.69, 9.17) is 0 Å². The molecule has 1 fully saturated rings. The molecular formula is C23H25N3O3. The largest absolute Gasteiger partial charge is 0.349 e. The molecule has 6 nitrogen and oxygen atoms in total. The third-order valence-corrected chi connectivity index (χ3v) is 5.20. The van der Waals surface area contributed by atoms with E-state index in [2.05, 4.69) is 17.2 Å². The van der Waals surface area contributed by atoms with Crippen molar-refractivity contribution >= 4 is 29.1 Å². The summed E-state index contributed by atoms with van der Waals surface area (Å²) in [5, 5.41) is 5.53. The van der Waals surface area contributed by atoms with Crippen LogP contribution in [0.5, 0.6) is 0 Å². The molecule has 1 atom stereocenters. The number of hydrogen-bond acceptors (Lipinski definition) is 3. The van der Waals surface area contributed by atoms with Gasteiger partial charge < -0.3 is 15.5 Å². The highest BCUT2D eigenvalue weighted by molar-refractivity contribution is 6.07. The highest BCUT2D eigenvalue weighted by atomic mass is 16.2. The van der Waals surface area contributed by atoms with Crippen LogP contribution < -0.4 is 15.5 Å². The van der Waals surface area contributed by atoms with E-state index in [9.17, 15) is 14.4 Å². The molecule has 150 valence electrons. The molecule has 29 heavy (non-hydrogen) atoms. The second kappa shape index (κ2) is 8.73. The van der Waals surface area contributed by atoms with Gasteiger partial charge in [-0.15, -0.1) is 6.58 Å². The van der Waals surface area contributed by atoms with Crippen molar-refractivity contribution in [3.63, 3.8) is 0 Å². The first-order chi connectivity index (χ1) is 13.9. The molecule has 0 aliphatic carbocycles. The molecule has 0 radical (unpaired) electrons. The van der Waals surface area contributed by atoms with E-state index in [0.29, 0.717) is 24.3 Å². The van der Waals surface area contributed by atoms with E-state index >= 15 is 0 Å². The van der Waals surface area contributed by atoms with Gasteiger partial charge in [-0.05, 0) is 43.2 Å². The van der Waals surface area contributed by atoms with Crippen LogP contribution in [0, 0.1) is 19.8 Å². The van der Waals surface area contributed by atoms with E-state index in [1.54, 1.807) is 35.2 Å². The van der Waals surface area contributed by atoms with Gasteiger partial charge in [0.25, 0.3) is 5.91 Å². The van der Waals surface area contributed by atoms with Crippen LogP contribution in [-0.2, 0) is 9.59 Å². The zero-order valence-corrected chi connectivity index (χ0v) is 16.7. The number of nitrogens with one attached hydrogen (secondary N) is 2. The van der Waals surface area contributed by atoms with Crippen molar-refractivity contribution in [2.24, 2.45) is 5.92 Å². The Morgan fingerprint density at radius 2 is 1.93 bits per heavy atom. The Bertz CT molecular complexity index is 968. The van der Waals surface area contributed by atoms with Crippen LogP contribution >= 0.6 is 0 Å². The van der Waals surface area contributed by atoms with Gasteiger partial charge in [0.1, 0.15) is 0 Å². The van der Waals surface area contributed by atoms with Crippen LogP contribution in [0.1, 0.15) is 27.9 Å². The Balaban J connectivity index is 1.74. The second-order valence-electron chi connectivity index (χ2n) is 7.16. The van der Waals surface area contributed by atoms with Gasteiger partial charge in [0, 0.05) is 25.2 Å². The number of benzene rings is 2. The summed E-state index contributed by atoms with van der Waals surface area (Å²) in [6.45, 7) is 8.21. The third-order valence-electron chi connectivity index (χ3n) is 5.20. The lowest BCUT2D eigenvalue weighted by Gasteiger charge is -2.20. The highest BCUT2D eigenvalue weighted by Gasteiger charge is 2.36. The van der Waals surface area contributed by atoms with E-state index in [1.165, 1.54) is 0 Å². The monoisotopic (exact) mass is 391 g/mol. The number of carbonyl (C=O) groups excluding carboxylic acids is 3. The van der Waals surface area contributed by atoms with Crippen LogP contribution in [0.2, 0.25) is 0 Å². The van der Waals surface area contributed by atoms with E-state index in [1.807, 2.05) is 32.0 Å². The first kappa shape index (κ1) is 20.3. The number of aryl methyl sites for hydroxylation is 1. The van der Waals surface area contributed by atoms with Crippen molar-refractivity contribution in [3.05, 3.63) is 71.8 Å². The normalized spacial score (nSPS) is 15.9. The van der Waals surface area contributed by atoms with Crippen molar-refractivity contribution < 1.29 is 14.4 Å². The number of para-hydroxylation sites is 1. The molecule has 0 bridgehead atoms. The van der Waals surface area contributed by atoms with Gasteiger partial charge in [-0.3, -0.25) is 14.4 Å². The summed E-state index contributed by atoms with van der Waals surface area (Å²) in [6.07, 6.45) is 1.73. The molecule has 0 spiro atoms. The summed E-state index contributed by atoms with van der Waals surface area (Å²) < 4.78 is 0. The quantitative estimate of drug-likeness (QED) is 0.742. The topological polar surface area (TPSA) is 78.5 Å². The number of amides is 3. The predicted octanol–water partition coefficient (Wildman–Crippen LogP) is 3.21. The van der Waals surface area contributed by atoms with Crippen LogP contribution in [0.25, 0.3) is 0 Å². The average molecular weight is 391 g/mol. The van der Waals surface area contributed by atoms with Gasteiger partial charge in [-0.2, -0.15) is 0 Å². The minimum Gasteiger partial charge on any atom is -0.349 e. The first-order valence-electron chi connectivity index (χ1n) is 9.58. The van der Waals surface area contributed by atoms with Gasteiger partial charge in [0.2, 0.25) is 11.8 Å². The smallest absolute Gasteiger partial charge is 0.253 e. The maximum atomic E-state index is 12.8. The predicted molar refractivity (Wildman–Crippen MR) is 114 cm³/mol. The molecule has 2 N–H and O–H groups in total. The van der Waals surface area contributed by atoms with Gasteiger partial charge in [0.15, 0.2) is 0 Å². The zero-order chi connectivity index (χ0) is 21.0. The maximum absolute atomic E-state index is 12.8. The van der Waals surface area contributed by atoms with Crippen molar-refractivity contribution in [1.82, 2.24) is 5.32 Å². The first-order valence-corrected chi connectivity index (χ1v) is 9.58. The third kappa shape index (κ3) is 4.37. The number of carbonyl (C=O) groups is 3. The van der Waals surface area contributed by atoms with Gasteiger partial charge >= 0.3 is 0 Å². The molecule has 3 rings (SSSR count). The summed E-state index contributed by atoms with van der Waals surface area (Å²) in [6, 6.07) is 12.6. The number of hydrogen-bond donors (Lipinski definition) is 2. The number of anilines is 2. The molecule has 1 aliphatic rings. The number of rotatable bonds is 6. The molecule has 1 heterocycles. The number of nitrogens with zero attached hydrogens (tertiary/aromatic N) is 1. The summed E-state index contributed by atoms with van der Waals surface area (Å²) in [5.41, 5.74) is 3.78. The summed E-state index contributed by atoms with van der Waals surface area (Å²) in [4.78, 5) is 39.4. The lowest BCUT2D eigenvalue weighted by molar-refractivity contribution is -0.122.